The zero-order chi connectivity index (χ0) is 25.0. The van der Waals surface area contributed by atoms with Gasteiger partial charge in [0.2, 0.25) is 0 Å². The molecular formula is C25H39FN4O5. The molecule has 1 aromatic carbocycles. The number of likely N-dealkylation sites (N-methyl/N-ethyl adjacent to an activating group) is 1. The van der Waals surface area contributed by atoms with E-state index in [-0.39, 0.29) is 37.0 Å². The van der Waals surface area contributed by atoms with Gasteiger partial charge in [-0.1, -0.05) is 12.1 Å². The van der Waals surface area contributed by atoms with Crippen molar-refractivity contribution in [3.63, 3.8) is 0 Å². The van der Waals surface area contributed by atoms with Crippen LogP contribution in [0.1, 0.15) is 37.4 Å². The number of halogens is 1. The van der Waals surface area contributed by atoms with Crippen LogP contribution in [0.2, 0.25) is 0 Å². The number of ether oxygens (including phenoxy) is 3. The quantitative estimate of drug-likeness (QED) is 0.409. The molecule has 1 aromatic rings. The van der Waals surface area contributed by atoms with Crippen molar-refractivity contribution in [2.75, 3.05) is 60.2 Å². The topological polar surface area (TPSA) is 101 Å². The van der Waals surface area contributed by atoms with Crippen molar-refractivity contribution in [3.05, 3.63) is 35.6 Å². The Hall–Kier alpha value is -2.43. The van der Waals surface area contributed by atoms with Crippen LogP contribution in [0.15, 0.2) is 24.3 Å². The van der Waals surface area contributed by atoms with Gasteiger partial charge in [-0.05, 0) is 56.3 Å². The molecule has 10 heteroatoms. The summed E-state index contributed by atoms with van der Waals surface area (Å²) in [5, 5.41) is 8.97. The van der Waals surface area contributed by atoms with Crippen LogP contribution >= 0.6 is 0 Å². The summed E-state index contributed by atoms with van der Waals surface area (Å²) in [6.45, 7) is 3.92. The van der Waals surface area contributed by atoms with E-state index >= 15 is 0 Å². The Bertz CT molecular complexity index is 808. The molecule has 4 unspecified atom stereocenters. The summed E-state index contributed by atoms with van der Waals surface area (Å²) in [6, 6.07) is 6.32. The first-order valence-corrected chi connectivity index (χ1v) is 12.5. The minimum atomic E-state index is -0.531. The molecule has 2 saturated heterocycles. The third kappa shape index (κ3) is 8.63. The molecule has 4 atom stereocenters. The van der Waals surface area contributed by atoms with E-state index in [1.807, 2.05) is 18.0 Å². The first kappa shape index (κ1) is 27.2. The van der Waals surface area contributed by atoms with Crippen molar-refractivity contribution in [2.45, 2.75) is 37.8 Å². The SMILES string of the molecule is CNCC(CC1CCOC1)NC(=O)N1CCCC(C(OCCNC(=O)OC)c2cccc(F)c2)C1. The van der Waals surface area contributed by atoms with Crippen molar-refractivity contribution >= 4 is 12.1 Å². The number of amides is 3. The molecule has 3 amide bonds. The molecule has 2 aliphatic heterocycles. The van der Waals surface area contributed by atoms with Crippen LogP contribution in [0.5, 0.6) is 0 Å². The molecule has 3 N–H and O–H groups in total. The highest BCUT2D eigenvalue weighted by Crippen LogP contribution is 2.33. The van der Waals surface area contributed by atoms with Crippen LogP contribution in [-0.4, -0.2) is 83.2 Å². The van der Waals surface area contributed by atoms with Crippen LogP contribution in [0.3, 0.4) is 0 Å². The fourth-order valence-corrected chi connectivity index (χ4v) is 4.92. The maximum atomic E-state index is 14.0. The molecule has 0 saturated carbocycles. The minimum Gasteiger partial charge on any atom is -0.453 e. The van der Waals surface area contributed by atoms with Gasteiger partial charge in [0.15, 0.2) is 0 Å². The lowest BCUT2D eigenvalue weighted by Crippen LogP contribution is -2.52. The lowest BCUT2D eigenvalue weighted by atomic mass is 9.88. The third-order valence-corrected chi connectivity index (χ3v) is 6.62. The molecule has 0 aliphatic carbocycles. The van der Waals surface area contributed by atoms with Crippen molar-refractivity contribution in [1.29, 1.82) is 0 Å². The Balaban J connectivity index is 1.62. The number of hydrogen-bond acceptors (Lipinski definition) is 6. The minimum absolute atomic E-state index is 0.000379. The van der Waals surface area contributed by atoms with E-state index in [2.05, 4.69) is 20.7 Å². The first-order chi connectivity index (χ1) is 17.0. The van der Waals surface area contributed by atoms with Gasteiger partial charge in [0.1, 0.15) is 5.82 Å². The van der Waals surface area contributed by atoms with E-state index in [0.29, 0.717) is 25.6 Å². The molecular weight excluding hydrogens is 455 g/mol. The number of methoxy groups -OCH3 is 1. The number of carbonyl (C=O) groups is 2. The zero-order valence-electron chi connectivity index (χ0n) is 20.8. The average molecular weight is 495 g/mol. The Morgan fingerprint density at radius 2 is 2.17 bits per heavy atom. The van der Waals surface area contributed by atoms with Crippen molar-refractivity contribution in [2.24, 2.45) is 11.8 Å². The predicted molar refractivity (Wildman–Crippen MR) is 130 cm³/mol. The second kappa shape index (κ2) is 14.2. The number of carbonyl (C=O) groups excluding carboxylic acids is 2. The molecule has 2 aliphatic rings. The molecule has 35 heavy (non-hydrogen) atoms. The highest BCUT2D eigenvalue weighted by atomic mass is 19.1. The maximum absolute atomic E-state index is 14.0. The first-order valence-electron chi connectivity index (χ1n) is 12.5. The Morgan fingerprint density at radius 3 is 2.89 bits per heavy atom. The summed E-state index contributed by atoms with van der Waals surface area (Å²) < 4.78 is 30.2. The van der Waals surface area contributed by atoms with Gasteiger partial charge in [0.25, 0.3) is 0 Å². The standard InChI is InChI=1S/C25H39FN4O5/c1-27-15-22(13-18-8-11-34-17-18)29-24(31)30-10-4-6-20(16-30)23(19-5-3-7-21(26)14-19)35-12-9-28-25(32)33-2/h3,5,7,14,18,20,22-23,27H,4,6,8-13,15-17H2,1-2H3,(H,28,32)(H,29,31). The Kier molecular flexibility index (Phi) is 11.0. The molecule has 3 rings (SSSR count). The van der Waals surface area contributed by atoms with E-state index in [1.54, 1.807) is 6.07 Å². The summed E-state index contributed by atoms with van der Waals surface area (Å²) in [6.07, 6.45) is 2.67. The zero-order valence-corrected chi connectivity index (χ0v) is 20.8. The van der Waals surface area contributed by atoms with Gasteiger partial charge >= 0.3 is 12.1 Å². The summed E-state index contributed by atoms with van der Waals surface area (Å²) in [7, 11) is 3.19. The van der Waals surface area contributed by atoms with Gasteiger partial charge in [-0.25, -0.2) is 14.0 Å². The maximum Gasteiger partial charge on any atom is 0.406 e. The molecule has 2 heterocycles. The number of alkyl carbamates (subject to hydrolysis) is 1. The van der Waals surface area contributed by atoms with Gasteiger partial charge < -0.3 is 35.1 Å². The van der Waals surface area contributed by atoms with Gasteiger partial charge in [-0.15, -0.1) is 0 Å². The second-order valence-corrected chi connectivity index (χ2v) is 9.28. The summed E-state index contributed by atoms with van der Waals surface area (Å²) >= 11 is 0. The average Bonchev–Trinajstić information content (AvgIpc) is 3.37. The normalized spacial score (nSPS) is 21.9. The summed E-state index contributed by atoms with van der Waals surface area (Å²) in [5.74, 6) is 0.132. The van der Waals surface area contributed by atoms with Crippen molar-refractivity contribution in [3.8, 4) is 0 Å². The number of likely N-dealkylation sites (tertiary alicyclic amines) is 1. The van der Waals surface area contributed by atoms with E-state index in [9.17, 15) is 14.0 Å². The van der Waals surface area contributed by atoms with E-state index in [0.717, 1.165) is 44.5 Å². The van der Waals surface area contributed by atoms with Crippen molar-refractivity contribution < 1.29 is 28.2 Å². The lowest BCUT2D eigenvalue weighted by molar-refractivity contribution is -0.00880. The van der Waals surface area contributed by atoms with Crippen molar-refractivity contribution in [1.82, 2.24) is 20.9 Å². The van der Waals surface area contributed by atoms with Gasteiger partial charge in [0.05, 0.1) is 19.8 Å². The molecule has 0 aromatic heterocycles. The summed E-state index contributed by atoms with van der Waals surface area (Å²) in [4.78, 5) is 26.3. The molecule has 0 spiro atoms. The highest BCUT2D eigenvalue weighted by molar-refractivity contribution is 5.74. The number of urea groups is 1. The van der Waals surface area contributed by atoms with E-state index in [1.165, 1.54) is 19.2 Å². The molecule has 9 nitrogen and oxygen atoms in total. The highest BCUT2D eigenvalue weighted by Gasteiger charge is 2.32. The fourth-order valence-electron chi connectivity index (χ4n) is 4.92. The molecule has 196 valence electrons. The Labute approximate surface area is 207 Å². The second-order valence-electron chi connectivity index (χ2n) is 9.28. The number of nitrogens with zero attached hydrogens (tertiary/aromatic N) is 1. The number of piperidine rings is 1. The largest absolute Gasteiger partial charge is 0.453 e. The third-order valence-electron chi connectivity index (χ3n) is 6.62. The molecule has 0 radical (unpaired) electrons. The van der Waals surface area contributed by atoms with Crippen LogP contribution in [0.4, 0.5) is 14.0 Å². The van der Waals surface area contributed by atoms with Crippen LogP contribution in [0.25, 0.3) is 0 Å². The molecule has 0 bridgehead atoms. The number of nitrogens with one attached hydrogen (secondary N) is 3. The van der Waals surface area contributed by atoms with Crippen LogP contribution < -0.4 is 16.0 Å². The van der Waals surface area contributed by atoms with E-state index < -0.39 is 12.2 Å². The number of hydrogen-bond donors (Lipinski definition) is 3. The molecule has 2 fully saturated rings. The Morgan fingerprint density at radius 1 is 1.31 bits per heavy atom. The predicted octanol–water partition coefficient (Wildman–Crippen LogP) is 2.68. The fraction of sp³-hybridized carbons (Fsp3) is 0.680. The van der Waals surface area contributed by atoms with Gasteiger partial charge in [-0.2, -0.15) is 0 Å². The summed E-state index contributed by atoms with van der Waals surface area (Å²) in [5.41, 5.74) is 0.726. The van der Waals surface area contributed by atoms with E-state index in [4.69, 9.17) is 9.47 Å². The van der Waals surface area contributed by atoms with Gasteiger partial charge in [0, 0.05) is 51.4 Å². The number of rotatable bonds is 11. The van der Waals surface area contributed by atoms with Crippen LogP contribution in [-0.2, 0) is 14.2 Å². The monoisotopic (exact) mass is 494 g/mol. The van der Waals surface area contributed by atoms with Gasteiger partial charge in [-0.3, -0.25) is 0 Å². The lowest BCUT2D eigenvalue weighted by Gasteiger charge is -2.38. The van der Waals surface area contributed by atoms with Crippen LogP contribution in [0, 0.1) is 17.7 Å². The number of benzene rings is 1. The smallest absolute Gasteiger partial charge is 0.406 e.